The van der Waals surface area contributed by atoms with Crippen LogP contribution in [0.15, 0.2) is 85.2 Å². The molecular weight excluding hydrogens is 632 g/mol. The minimum atomic E-state index is -0.284. The van der Waals surface area contributed by atoms with Crippen LogP contribution in [0, 0.1) is 0 Å². The Bertz CT molecular complexity index is 1480. The highest BCUT2D eigenvalue weighted by molar-refractivity contribution is 5.96. The molecule has 0 aliphatic carbocycles. The smallest absolute Gasteiger partial charge is 0.251 e. The average molecular weight is 673 g/mol. The van der Waals surface area contributed by atoms with Gasteiger partial charge in [0.15, 0.2) is 0 Å². The van der Waals surface area contributed by atoms with Crippen molar-refractivity contribution >= 4 is 11.8 Å². The highest BCUT2D eigenvalue weighted by Gasteiger charge is 2.12. The zero-order valence-corrected chi connectivity index (χ0v) is 27.1. The van der Waals surface area contributed by atoms with Crippen molar-refractivity contribution in [3.8, 4) is 34.4 Å². The van der Waals surface area contributed by atoms with Crippen LogP contribution in [-0.4, -0.2) is 101 Å². The van der Waals surface area contributed by atoms with Crippen LogP contribution in [0.5, 0.6) is 23.0 Å². The van der Waals surface area contributed by atoms with Crippen LogP contribution < -0.4 is 29.6 Å². The number of carbonyl (C=O) groups is 2. The molecule has 13 nitrogen and oxygen atoms in total. The van der Waals surface area contributed by atoms with Crippen molar-refractivity contribution in [2.24, 2.45) is 0 Å². The Morgan fingerprint density at radius 1 is 0.429 bits per heavy atom. The number of pyridine rings is 2. The van der Waals surface area contributed by atoms with Crippen LogP contribution in [0.2, 0.25) is 0 Å². The number of benzene rings is 2. The van der Waals surface area contributed by atoms with Gasteiger partial charge >= 0.3 is 0 Å². The fourth-order valence-corrected chi connectivity index (χ4v) is 4.54. The number of amides is 2. The van der Waals surface area contributed by atoms with Gasteiger partial charge in [-0.3, -0.25) is 19.6 Å². The summed E-state index contributed by atoms with van der Waals surface area (Å²) >= 11 is 0. The third-order valence-corrected chi connectivity index (χ3v) is 7.00. The average Bonchev–Trinajstić information content (AvgIpc) is 3.14. The van der Waals surface area contributed by atoms with Gasteiger partial charge in [-0.1, -0.05) is 0 Å². The second-order valence-electron chi connectivity index (χ2n) is 10.5. The Morgan fingerprint density at radius 3 is 1.12 bits per heavy atom. The predicted molar refractivity (Wildman–Crippen MR) is 179 cm³/mol. The maximum atomic E-state index is 12.8. The van der Waals surface area contributed by atoms with Crippen molar-refractivity contribution in [3.63, 3.8) is 0 Å². The standard InChI is InChI=1S/C36H40N4O9/c41-35-27-9-11-37-33(25-27)34-26-28(10-12-38-34)36(42)40-14-16-47-30-3-7-32(8-4-30)49-24-22-45-20-18-43-17-19-44-21-23-48-31-5-1-29(2-6-31)46-15-13-39-35/h1-12,25-26H,13-24H2,(H,39,41)(H,40,42). The molecule has 4 aliphatic rings. The Kier molecular flexibility index (Phi) is 14.0. The van der Waals surface area contributed by atoms with Crippen molar-refractivity contribution in [1.29, 1.82) is 0 Å². The molecule has 4 aromatic rings. The van der Waals surface area contributed by atoms with Gasteiger partial charge in [-0.05, 0) is 72.8 Å². The van der Waals surface area contributed by atoms with E-state index in [1.807, 2.05) is 24.3 Å². The molecule has 13 heteroatoms. The van der Waals surface area contributed by atoms with Gasteiger partial charge in [0.1, 0.15) is 49.4 Å². The topological polar surface area (TPSA) is 149 Å². The van der Waals surface area contributed by atoms with Crippen LogP contribution in [-0.2, 0) is 14.2 Å². The van der Waals surface area contributed by atoms with Gasteiger partial charge in [0, 0.05) is 23.5 Å². The monoisotopic (exact) mass is 672 g/mol. The Balaban J connectivity index is 1.15. The van der Waals surface area contributed by atoms with Gasteiger partial charge in [0.2, 0.25) is 0 Å². The lowest BCUT2D eigenvalue weighted by molar-refractivity contribution is 0.00498. The summed E-state index contributed by atoms with van der Waals surface area (Å²) in [5.74, 6) is 2.12. The molecule has 8 bridgehead atoms. The molecular formula is C36H40N4O9. The first-order chi connectivity index (χ1) is 24.1. The summed E-state index contributed by atoms with van der Waals surface area (Å²) in [5, 5.41) is 5.70. The summed E-state index contributed by atoms with van der Waals surface area (Å²) in [6.45, 7) is 4.63. The summed E-state index contributed by atoms with van der Waals surface area (Å²) in [6.07, 6.45) is 3.06. The van der Waals surface area contributed by atoms with E-state index < -0.39 is 0 Å². The van der Waals surface area contributed by atoms with Crippen molar-refractivity contribution < 1.29 is 42.7 Å². The lowest BCUT2D eigenvalue weighted by Gasteiger charge is -2.10. The fraction of sp³-hybridized carbons (Fsp3) is 0.333. The van der Waals surface area contributed by atoms with E-state index in [1.54, 1.807) is 48.5 Å². The van der Waals surface area contributed by atoms with E-state index in [0.29, 0.717) is 111 Å². The summed E-state index contributed by atoms with van der Waals surface area (Å²) in [6, 6.07) is 21.0. The molecule has 4 aliphatic heterocycles. The Labute approximate surface area is 284 Å². The van der Waals surface area contributed by atoms with Gasteiger partial charge in [0.05, 0.1) is 64.1 Å². The Morgan fingerprint density at radius 2 is 0.755 bits per heavy atom. The second-order valence-corrected chi connectivity index (χ2v) is 10.5. The number of rotatable bonds is 0. The van der Waals surface area contributed by atoms with Gasteiger partial charge in [-0.15, -0.1) is 0 Å². The first-order valence-corrected chi connectivity index (χ1v) is 16.1. The van der Waals surface area contributed by atoms with E-state index in [4.69, 9.17) is 33.2 Å². The number of aromatic nitrogens is 2. The van der Waals surface area contributed by atoms with Crippen molar-refractivity contribution in [2.75, 3.05) is 79.2 Å². The summed E-state index contributed by atoms with van der Waals surface area (Å²) < 4.78 is 39.6. The molecule has 0 atom stereocenters. The van der Waals surface area contributed by atoms with Crippen molar-refractivity contribution in [2.45, 2.75) is 0 Å². The molecule has 8 rings (SSSR count). The minimum absolute atomic E-state index is 0.274. The molecule has 2 aromatic heterocycles. The SMILES string of the molecule is O=C1NCCOc2ccc(cc2)OCCOCCOCCOCCOc2ccc(cc2)OCCNC(=O)c2ccnc(c2)-c2cc1ccn2. The van der Waals surface area contributed by atoms with Crippen LogP contribution >= 0.6 is 0 Å². The second kappa shape index (κ2) is 19.5. The third kappa shape index (κ3) is 12.1. The molecule has 49 heavy (non-hydrogen) atoms. The van der Waals surface area contributed by atoms with E-state index in [1.165, 1.54) is 12.4 Å². The summed E-state index contributed by atoms with van der Waals surface area (Å²) in [7, 11) is 0. The fourth-order valence-electron chi connectivity index (χ4n) is 4.54. The maximum Gasteiger partial charge on any atom is 0.251 e. The minimum Gasteiger partial charge on any atom is -0.492 e. The van der Waals surface area contributed by atoms with E-state index in [-0.39, 0.29) is 25.0 Å². The van der Waals surface area contributed by atoms with Crippen molar-refractivity contribution in [1.82, 2.24) is 20.6 Å². The number of nitrogens with one attached hydrogen (secondary N) is 2. The normalized spacial score (nSPS) is 16.4. The number of hydrogen-bond acceptors (Lipinski definition) is 11. The van der Waals surface area contributed by atoms with Crippen LogP contribution in [0.3, 0.4) is 0 Å². The van der Waals surface area contributed by atoms with E-state index in [0.717, 1.165) is 0 Å². The lowest BCUT2D eigenvalue weighted by Crippen LogP contribution is -2.28. The number of ether oxygens (including phenoxy) is 7. The first kappa shape index (κ1) is 35.1. The highest BCUT2D eigenvalue weighted by atomic mass is 16.6. The highest BCUT2D eigenvalue weighted by Crippen LogP contribution is 2.19. The zero-order valence-electron chi connectivity index (χ0n) is 27.1. The number of nitrogens with zero attached hydrogens (tertiary/aromatic N) is 2. The van der Waals surface area contributed by atoms with Gasteiger partial charge < -0.3 is 43.8 Å². The van der Waals surface area contributed by atoms with E-state index in [9.17, 15) is 9.59 Å². The summed E-state index contributed by atoms with van der Waals surface area (Å²) in [5.41, 5.74) is 1.74. The zero-order chi connectivity index (χ0) is 33.9. The molecule has 6 heterocycles. The Hall–Kier alpha value is -5.24. The third-order valence-electron chi connectivity index (χ3n) is 7.00. The number of hydrogen-bond donors (Lipinski definition) is 2. The first-order valence-electron chi connectivity index (χ1n) is 16.1. The number of carbonyl (C=O) groups excluding carboxylic acids is 2. The molecule has 0 spiro atoms. The molecule has 0 unspecified atom stereocenters. The molecule has 2 N–H and O–H groups in total. The van der Waals surface area contributed by atoms with Gasteiger partial charge in [-0.2, -0.15) is 0 Å². The molecule has 0 saturated heterocycles. The molecule has 0 saturated carbocycles. The molecule has 2 amide bonds. The van der Waals surface area contributed by atoms with Crippen LogP contribution in [0.25, 0.3) is 11.4 Å². The maximum absolute atomic E-state index is 12.8. The van der Waals surface area contributed by atoms with Crippen molar-refractivity contribution in [3.05, 3.63) is 96.3 Å². The van der Waals surface area contributed by atoms with E-state index in [2.05, 4.69) is 20.6 Å². The molecule has 0 fully saturated rings. The quantitative estimate of drug-likeness (QED) is 0.282. The predicted octanol–water partition coefficient (Wildman–Crippen LogP) is 3.58. The van der Waals surface area contributed by atoms with E-state index >= 15 is 0 Å². The molecule has 258 valence electrons. The summed E-state index contributed by atoms with van der Waals surface area (Å²) in [4.78, 5) is 34.4. The van der Waals surface area contributed by atoms with Gasteiger partial charge in [0.25, 0.3) is 11.8 Å². The van der Waals surface area contributed by atoms with Crippen LogP contribution in [0.1, 0.15) is 20.7 Å². The van der Waals surface area contributed by atoms with Crippen LogP contribution in [0.4, 0.5) is 0 Å². The van der Waals surface area contributed by atoms with Gasteiger partial charge in [-0.25, -0.2) is 0 Å². The molecule has 2 aromatic carbocycles. The largest absolute Gasteiger partial charge is 0.492 e. The lowest BCUT2D eigenvalue weighted by atomic mass is 10.1. The molecule has 0 radical (unpaired) electrons.